The first-order valence-electron chi connectivity index (χ1n) is 8.51. The zero-order valence-corrected chi connectivity index (χ0v) is 13.0. The van der Waals surface area contributed by atoms with Crippen molar-refractivity contribution in [2.45, 2.75) is 25.7 Å². The van der Waals surface area contributed by atoms with Gasteiger partial charge in [-0.1, -0.05) is 54.6 Å². The van der Waals surface area contributed by atoms with Gasteiger partial charge in [-0.05, 0) is 72.5 Å². The van der Waals surface area contributed by atoms with Gasteiger partial charge >= 0.3 is 0 Å². The van der Waals surface area contributed by atoms with E-state index in [4.69, 9.17) is 0 Å². The fourth-order valence-corrected chi connectivity index (χ4v) is 4.07. The van der Waals surface area contributed by atoms with E-state index in [-0.39, 0.29) is 0 Å². The number of benzene rings is 2. The van der Waals surface area contributed by atoms with Gasteiger partial charge in [-0.15, -0.1) is 0 Å². The minimum atomic E-state index is 0.706. The van der Waals surface area contributed by atoms with Crippen molar-refractivity contribution >= 4 is 11.1 Å². The van der Waals surface area contributed by atoms with Crippen molar-refractivity contribution in [2.24, 2.45) is 5.92 Å². The molecule has 4 rings (SSSR count). The maximum Gasteiger partial charge on any atom is -0.00431 e. The molecule has 22 heavy (non-hydrogen) atoms. The van der Waals surface area contributed by atoms with Crippen LogP contribution in [0.15, 0.2) is 54.6 Å². The zero-order valence-electron chi connectivity index (χ0n) is 13.0. The summed E-state index contributed by atoms with van der Waals surface area (Å²) in [7, 11) is 0. The topological polar surface area (TPSA) is 12.0 Å². The summed E-state index contributed by atoms with van der Waals surface area (Å²) in [4.78, 5) is 0. The normalized spacial score (nSPS) is 19.1. The molecule has 112 valence electrons. The van der Waals surface area contributed by atoms with Crippen molar-refractivity contribution in [2.75, 3.05) is 13.1 Å². The Morgan fingerprint density at radius 1 is 0.773 bits per heavy atom. The largest absolute Gasteiger partial charge is 0.317 e. The summed E-state index contributed by atoms with van der Waals surface area (Å²) in [5.41, 5.74) is 7.70. The molecule has 1 heterocycles. The van der Waals surface area contributed by atoms with Gasteiger partial charge in [0.25, 0.3) is 0 Å². The Labute approximate surface area is 133 Å². The summed E-state index contributed by atoms with van der Waals surface area (Å²) in [6.07, 6.45) is 4.88. The monoisotopic (exact) mass is 289 g/mol. The van der Waals surface area contributed by atoms with Crippen LogP contribution in [-0.4, -0.2) is 13.1 Å². The highest BCUT2D eigenvalue weighted by atomic mass is 14.9. The molecule has 2 aromatic rings. The lowest BCUT2D eigenvalue weighted by Crippen LogP contribution is -2.29. The molecule has 0 aromatic heterocycles. The Morgan fingerprint density at radius 2 is 1.50 bits per heavy atom. The van der Waals surface area contributed by atoms with Gasteiger partial charge in [0.2, 0.25) is 0 Å². The van der Waals surface area contributed by atoms with E-state index in [2.05, 4.69) is 59.9 Å². The number of hydrogen-bond donors (Lipinski definition) is 1. The van der Waals surface area contributed by atoms with Crippen molar-refractivity contribution < 1.29 is 0 Å². The van der Waals surface area contributed by atoms with Crippen LogP contribution < -0.4 is 5.32 Å². The molecular weight excluding hydrogens is 266 g/mol. The van der Waals surface area contributed by atoms with E-state index in [1.807, 2.05) is 0 Å². The zero-order chi connectivity index (χ0) is 14.8. The molecule has 0 radical (unpaired) electrons. The molecule has 2 aliphatic rings. The highest BCUT2D eigenvalue weighted by Gasteiger charge is 2.27. The van der Waals surface area contributed by atoms with Crippen LogP contribution in [0.25, 0.3) is 11.1 Å². The van der Waals surface area contributed by atoms with Crippen LogP contribution in [0.4, 0.5) is 0 Å². The molecule has 1 aliphatic heterocycles. The molecule has 0 saturated carbocycles. The first-order chi connectivity index (χ1) is 10.9. The Hall–Kier alpha value is -1.86. The van der Waals surface area contributed by atoms with E-state index in [9.17, 15) is 0 Å². The highest BCUT2D eigenvalue weighted by molar-refractivity contribution is 5.94. The Bertz CT molecular complexity index is 678. The Balaban J connectivity index is 1.87. The number of nitrogens with one attached hydrogen (secondary N) is 1. The van der Waals surface area contributed by atoms with Gasteiger partial charge in [-0.2, -0.15) is 0 Å². The molecule has 1 N–H and O–H groups in total. The smallest absolute Gasteiger partial charge is 0.00431 e. The van der Waals surface area contributed by atoms with Gasteiger partial charge in [0.15, 0.2) is 0 Å². The van der Waals surface area contributed by atoms with E-state index in [1.165, 1.54) is 42.4 Å². The van der Waals surface area contributed by atoms with Crippen molar-refractivity contribution in [1.29, 1.82) is 0 Å². The van der Waals surface area contributed by atoms with E-state index in [1.54, 1.807) is 11.1 Å². The quantitative estimate of drug-likeness (QED) is 0.855. The number of piperidine rings is 1. The predicted molar refractivity (Wildman–Crippen MR) is 93.6 cm³/mol. The Kier molecular flexibility index (Phi) is 3.82. The minimum absolute atomic E-state index is 0.706. The summed E-state index contributed by atoms with van der Waals surface area (Å²) >= 11 is 0. The summed E-state index contributed by atoms with van der Waals surface area (Å²) in [5, 5.41) is 3.51. The van der Waals surface area contributed by atoms with Crippen LogP contribution in [-0.2, 0) is 6.42 Å². The molecule has 2 aromatic carbocycles. The average molecular weight is 289 g/mol. The van der Waals surface area contributed by atoms with Crippen LogP contribution in [0.3, 0.4) is 0 Å². The third-order valence-corrected chi connectivity index (χ3v) is 5.15. The van der Waals surface area contributed by atoms with Crippen molar-refractivity contribution in [3.05, 3.63) is 71.3 Å². The average Bonchev–Trinajstić information content (AvgIpc) is 2.62. The van der Waals surface area contributed by atoms with Gasteiger partial charge in [0.05, 0.1) is 0 Å². The third kappa shape index (κ3) is 2.50. The number of allylic oxidation sites excluding steroid dienone is 2. The minimum Gasteiger partial charge on any atom is -0.317 e. The first kappa shape index (κ1) is 13.8. The van der Waals surface area contributed by atoms with E-state index < -0.39 is 0 Å². The molecule has 1 nitrogen and oxygen atoms in total. The molecular formula is C21H23N. The highest BCUT2D eigenvalue weighted by Crippen LogP contribution is 2.43. The van der Waals surface area contributed by atoms with Crippen molar-refractivity contribution in [3.8, 4) is 0 Å². The number of fused-ring (bicyclic) bond motifs is 1. The van der Waals surface area contributed by atoms with Crippen molar-refractivity contribution in [1.82, 2.24) is 5.32 Å². The lowest BCUT2D eigenvalue weighted by molar-refractivity contribution is 0.446. The van der Waals surface area contributed by atoms with Gasteiger partial charge in [0.1, 0.15) is 0 Å². The predicted octanol–water partition coefficient (Wildman–Crippen LogP) is 4.54. The van der Waals surface area contributed by atoms with Gasteiger partial charge < -0.3 is 5.32 Å². The Morgan fingerprint density at radius 3 is 2.32 bits per heavy atom. The lowest BCUT2D eigenvalue weighted by atomic mass is 9.75. The molecule has 0 atom stereocenters. The number of hydrogen-bond acceptors (Lipinski definition) is 1. The maximum absolute atomic E-state index is 3.51. The second-order valence-corrected chi connectivity index (χ2v) is 6.44. The lowest BCUT2D eigenvalue weighted by Gasteiger charge is -2.32. The second-order valence-electron chi connectivity index (χ2n) is 6.44. The molecule has 0 unspecified atom stereocenters. The van der Waals surface area contributed by atoms with Gasteiger partial charge in [0, 0.05) is 0 Å². The SMILES string of the molecule is c1ccc(C2=C(C3CCNCC3)c3ccccc3CC2)cc1. The maximum atomic E-state index is 3.51. The standard InChI is InChI=1S/C21H23N/c1-2-6-16(7-3-1)20-11-10-17-8-4-5-9-19(17)21(20)18-12-14-22-15-13-18/h1-9,18,22H,10-15H2. The molecule has 0 spiro atoms. The van der Waals surface area contributed by atoms with Crippen LogP contribution in [0, 0.1) is 5.92 Å². The second kappa shape index (κ2) is 6.10. The third-order valence-electron chi connectivity index (χ3n) is 5.15. The fraction of sp³-hybridized carbons (Fsp3) is 0.333. The summed E-state index contributed by atoms with van der Waals surface area (Å²) < 4.78 is 0. The summed E-state index contributed by atoms with van der Waals surface area (Å²) in [6, 6.07) is 20.1. The summed E-state index contributed by atoms with van der Waals surface area (Å²) in [6.45, 7) is 2.30. The first-order valence-corrected chi connectivity index (χ1v) is 8.51. The molecule has 1 fully saturated rings. The van der Waals surface area contributed by atoms with Gasteiger partial charge in [-0.25, -0.2) is 0 Å². The molecule has 1 heteroatoms. The molecule has 1 aliphatic carbocycles. The van der Waals surface area contributed by atoms with Crippen LogP contribution in [0.5, 0.6) is 0 Å². The van der Waals surface area contributed by atoms with E-state index in [0.717, 1.165) is 13.1 Å². The van der Waals surface area contributed by atoms with E-state index >= 15 is 0 Å². The number of rotatable bonds is 2. The van der Waals surface area contributed by atoms with Crippen LogP contribution in [0.1, 0.15) is 36.0 Å². The fourth-order valence-electron chi connectivity index (χ4n) is 4.07. The van der Waals surface area contributed by atoms with Crippen LogP contribution in [0.2, 0.25) is 0 Å². The van der Waals surface area contributed by atoms with Crippen LogP contribution >= 0.6 is 0 Å². The molecule has 0 amide bonds. The van der Waals surface area contributed by atoms with Gasteiger partial charge in [-0.3, -0.25) is 0 Å². The summed E-state index contributed by atoms with van der Waals surface area (Å²) in [5.74, 6) is 0.706. The molecule has 0 bridgehead atoms. The number of aryl methyl sites for hydroxylation is 1. The van der Waals surface area contributed by atoms with Crippen molar-refractivity contribution in [3.63, 3.8) is 0 Å². The molecule has 1 saturated heterocycles. The van der Waals surface area contributed by atoms with E-state index in [0.29, 0.717) is 5.92 Å².